The number of hydrogen-bond donors (Lipinski definition) is 2. The lowest BCUT2D eigenvalue weighted by Crippen LogP contribution is -2.02. The molecule has 1 aromatic heterocycles. The molecule has 0 spiro atoms. The second kappa shape index (κ2) is 4.32. The van der Waals surface area contributed by atoms with Gasteiger partial charge in [0.05, 0.1) is 0 Å². The van der Waals surface area contributed by atoms with Gasteiger partial charge in [-0.1, -0.05) is 6.07 Å². The molecule has 0 aliphatic heterocycles. The molecule has 0 atom stereocenters. The van der Waals surface area contributed by atoms with Crippen molar-refractivity contribution < 1.29 is 8.78 Å². The third-order valence-corrected chi connectivity index (χ3v) is 2.22. The van der Waals surface area contributed by atoms with Crippen LogP contribution in [0.25, 0.3) is 0 Å². The van der Waals surface area contributed by atoms with Gasteiger partial charge in [0.2, 0.25) is 0 Å². The largest absolute Gasteiger partial charge is 0.382 e. The van der Waals surface area contributed by atoms with Crippen LogP contribution in [0.15, 0.2) is 24.3 Å². The molecule has 1 aromatic carbocycles. The summed E-state index contributed by atoms with van der Waals surface area (Å²) in [6, 6.07) is 5.53. The minimum absolute atomic E-state index is 0.225. The number of aryl methyl sites for hydroxylation is 1. The van der Waals surface area contributed by atoms with Crippen molar-refractivity contribution in [1.29, 1.82) is 0 Å². The molecule has 0 amide bonds. The molecule has 0 aliphatic rings. The number of nitrogens with zero attached hydrogens (tertiary/aromatic N) is 2. The van der Waals surface area contributed by atoms with Gasteiger partial charge in [-0.05, 0) is 30.7 Å². The van der Waals surface area contributed by atoms with E-state index in [1.54, 1.807) is 6.92 Å². The summed E-state index contributed by atoms with van der Waals surface area (Å²) in [6.07, 6.45) is 0. The van der Waals surface area contributed by atoms with Crippen LogP contribution in [-0.4, -0.2) is 10.2 Å². The molecule has 88 valence electrons. The van der Waals surface area contributed by atoms with Crippen LogP contribution in [0.1, 0.15) is 5.56 Å². The van der Waals surface area contributed by atoms with Crippen LogP contribution in [0.4, 0.5) is 26.1 Å². The summed E-state index contributed by atoms with van der Waals surface area (Å²) < 4.78 is 27.1. The Kier molecular flexibility index (Phi) is 2.86. The first kappa shape index (κ1) is 11.3. The number of halogens is 2. The highest BCUT2D eigenvalue weighted by Crippen LogP contribution is 2.24. The molecule has 0 saturated heterocycles. The molecule has 6 heteroatoms. The average molecular weight is 236 g/mol. The minimum atomic E-state index is -0.688. The lowest BCUT2D eigenvalue weighted by atomic mass is 10.2. The number of anilines is 3. The Morgan fingerprint density at radius 2 is 1.88 bits per heavy atom. The zero-order valence-corrected chi connectivity index (χ0v) is 9.04. The maximum atomic E-state index is 13.7. The molecule has 0 fully saturated rings. The number of aromatic nitrogens is 2. The lowest BCUT2D eigenvalue weighted by molar-refractivity contribution is 0.584. The van der Waals surface area contributed by atoms with E-state index in [1.807, 2.05) is 0 Å². The Balaban J connectivity index is 2.36. The molecule has 0 unspecified atom stereocenters. The smallest absolute Gasteiger partial charge is 0.153 e. The van der Waals surface area contributed by atoms with Crippen molar-refractivity contribution in [2.75, 3.05) is 11.1 Å². The minimum Gasteiger partial charge on any atom is -0.382 e. The van der Waals surface area contributed by atoms with Crippen molar-refractivity contribution in [3.05, 3.63) is 41.5 Å². The van der Waals surface area contributed by atoms with E-state index in [0.29, 0.717) is 5.56 Å². The van der Waals surface area contributed by atoms with Gasteiger partial charge >= 0.3 is 0 Å². The molecule has 0 bridgehead atoms. The highest BCUT2D eigenvalue weighted by Gasteiger charge is 2.12. The molecule has 0 aliphatic carbocycles. The summed E-state index contributed by atoms with van der Waals surface area (Å²) in [5, 5.41) is 9.77. The van der Waals surface area contributed by atoms with Crippen LogP contribution in [0.2, 0.25) is 0 Å². The quantitative estimate of drug-likeness (QED) is 0.840. The molecule has 0 saturated carbocycles. The standard InChI is InChI=1S/C11H10F2N4/c1-6-2-3-7(12)11(10(6)13)15-9-5-4-8(14)16-17-9/h2-5H,1H3,(H2,14,16)(H,15,17). The Morgan fingerprint density at radius 3 is 2.53 bits per heavy atom. The summed E-state index contributed by atoms with van der Waals surface area (Å²) >= 11 is 0. The van der Waals surface area contributed by atoms with E-state index in [0.717, 1.165) is 0 Å². The van der Waals surface area contributed by atoms with Gasteiger partial charge in [-0.3, -0.25) is 0 Å². The Labute approximate surface area is 96.5 Å². The van der Waals surface area contributed by atoms with E-state index in [2.05, 4.69) is 15.5 Å². The Bertz CT molecular complexity index is 540. The van der Waals surface area contributed by atoms with Gasteiger partial charge < -0.3 is 11.1 Å². The maximum Gasteiger partial charge on any atom is 0.153 e. The fourth-order valence-electron chi connectivity index (χ4n) is 1.31. The number of nitrogens with one attached hydrogen (secondary N) is 1. The van der Waals surface area contributed by atoms with Gasteiger partial charge in [0.15, 0.2) is 11.6 Å². The molecule has 1 heterocycles. The zero-order chi connectivity index (χ0) is 12.4. The van der Waals surface area contributed by atoms with Gasteiger partial charge in [0.25, 0.3) is 0 Å². The van der Waals surface area contributed by atoms with Gasteiger partial charge in [-0.25, -0.2) is 8.78 Å². The van der Waals surface area contributed by atoms with Crippen molar-refractivity contribution in [3.63, 3.8) is 0 Å². The molecule has 3 N–H and O–H groups in total. The van der Waals surface area contributed by atoms with Crippen LogP contribution in [0, 0.1) is 18.6 Å². The summed E-state index contributed by atoms with van der Waals surface area (Å²) in [4.78, 5) is 0. The summed E-state index contributed by atoms with van der Waals surface area (Å²) in [5.41, 5.74) is 5.45. The first-order valence-corrected chi connectivity index (χ1v) is 4.89. The van der Waals surface area contributed by atoms with Crippen molar-refractivity contribution in [2.24, 2.45) is 0 Å². The number of nitrogen functional groups attached to an aromatic ring is 1. The molecular formula is C11H10F2N4. The van der Waals surface area contributed by atoms with E-state index in [-0.39, 0.29) is 17.3 Å². The highest BCUT2D eigenvalue weighted by atomic mass is 19.1. The van der Waals surface area contributed by atoms with Crippen LogP contribution in [0.5, 0.6) is 0 Å². The molecule has 2 rings (SSSR count). The topological polar surface area (TPSA) is 63.8 Å². The van der Waals surface area contributed by atoms with Gasteiger partial charge in [0.1, 0.15) is 17.3 Å². The maximum absolute atomic E-state index is 13.7. The highest BCUT2D eigenvalue weighted by molar-refractivity contribution is 5.59. The number of nitrogens with two attached hydrogens (primary N) is 1. The molecule has 0 radical (unpaired) electrons. The van der Waals surface area contributed by atoms with Gasteiger partial charge in [-0.2, -0.15) is 0 Å². The molecular weight excluding hydrogens is 226 g/mol. The SMILES string of the molecule is Cc1ccc(F)c(Nc2ccc(N)nn2)c1F. The predicted molar refractivity (Wildman–Crippen MR) is 60.8 cm³/mol. The number of hydrogen-bond acceptors (Lipinski definition) is 4. The number of rotatable bonds is 2. The van der Waals surface area contributed by atoms with Gasteiger partial charge in [-0.15, -0.1) is 10.2 Å². The average Bonchev–Trinajstić information content (AvgIpc) is 2.32. The van der Waals surface area contributed by atoms with Crippen LogP contribution < -0.4 is 11.1 Å². The zero-order valence-electron chi connectivity index (χ0n) is 9.04. The van der Waals surface area contributed by atoms with Crippen LogP contribution in [0.3, 0.4) is 0 Å². The molecule has 17 heavy (non-hydrogen) atoms. The Hall–Kier alpha value is -2.24. The number of benzene rings is 1. The summed E-state index contributed by atoms with van der Waals surface area (Å²) in [7, 11) is 0. The lowest BCUT2D eigenvalue weighted by Gasteiger charge is -2.09. The fourth-order valence-corrected chi connectivity index (χ4v) is 1.31. The first-order chi connectivity index (χ1) is 8.08. The van der Waals surface area contributed by atoms with E-state index < -0.39 is 11.6 Å². The normalized spacial score (nSPS) is 10.3. The summed E-state index contributed by atoms with van der Waals surface area (Å²) in [6.45, 7) is 1.55. The molecule has 4 nitrogen and oxygen atoms in total. The van der Waals surface area contributed by atoms with Crippen molar-refractivity contribution in [1.82, 2.24) is 10.2 Å². The first-order valence-electron chi connectivity index (χ1n) is 4.89. The van der Waals surface area contributed by atoms with Crippen LogP contribution in [-0.2, 0) is 0 Å². The fraction of sp³-hybridized carbons (Fsp3) is 0.0909. The third-order valence-electron chi connectivity index (χ3n) is 2.22. The van der Waals surface area contributed by atoms with Crippen LogP contribution >= 0.6 is 0 Å². The van der Waals surface area contributed by atoms with Crippen molar-refractivity contribution >= 4 is 17.3 Å². The van der Waals surface area contributed by atoms with E-state index in [4.69, 9.17) is 5.73 Å². The van der Waals surface area contributed by atoms with E-state index in [9.17, 15) is 8.78 Å². The third kappa shape index (κ3) is 2.30. The van der Waals surface area contributed by atoms with Gasteiger partial charge in [0, 0.05) is 0 Å². The van der Waals surface area contributed by atoms with E-state index in [1.165, 1.54) is 24.3 Å². The summed E-state index contributed by atoms with van der Waals surface area (Å²) in [5.74, 6) is -0.876. The van der Waals surface area contributed by atoms with E-state index >= 15 is 0 Å². The van der Waals surface area contributed by atoms with Crippen molar-refractivity contribution in [3.8, 4) is 0 Å². The monoisotopic (exact) mass is 236 g/mol. The van der Waals surface area contributed by atoms with Crippen molar-refractivity contribution in [2.45, 2.75) is 6.92 Å². The molecule has 2 aromatic rings. The second-order valence-electron chi connectivity index (χ2n) is 3.52. The second-order valence-corrected chi connectivity index (χ2v) is 3.52. The predicted octanol–water partition coefficient (Wildman–Crippen LogP) is 2.39. The Morgan fingerprint density at radius 1 is 1.12 bits per heavy atom.